The quantitative estimate of drug-likeness (QED) is 0.357. The normalized spacial score (nSPS) is 15.8. The Morgan fingerprint density at radius 3 is 2.39 bits per heavy atom. The maximum atomic E-state index is 13.8. The summed E-state index contributed by atoms with van der Waals surface area (Å²) in [5.74, 6) is -0.430. The summed E-state index contributed by atoms with van der Waals surface area (Å²) in [6.45, 7) is 3.53. The summed E-state index contributed by atoms with van der Waals surface area (Å²) >= 11 is 0. The second-order valence-electron chi connectivity index (χ2n) is 8.49. The molecule has 0 spiro atoms. The van der Waals surface area contributed by atoms with E-state index in [4.69, 9.17) is 0 Å². The standard InChI is InChI=1S/C27H29F2N3O/c28-24-6-1-20(2-7-24)15-27-17-23-16-25(29)8-5-22(23)19-32(27)13-11-30-18-21-3-9-26(10-4-21)31-12-14-33/h1-10,14,16,27,30-31H,11-13,15,17-19H2. The molecule has 0 aliphatic carbocycles. The zero-order valence-electron chi connectivity index (χ0n) is 18.6. The number of carbonyl (C=O) groups excluding carboxylic acids is 1. The van der Waals surface area contributed by atoms with E-state index in [1.807, 2.05) is 42.5 Å². The van der Waals surface area contributed by atoms with Crippen molar-refractivity contribution in [2.75, 3.05) is 25.0 Å². The topological polar surface area (TPSA) is 44.4 Å². The number of carbonyl (C=O) groups is 1. The summed E-state index contributed by atoms with van der Waals surface area (Å²) in [5, 5.41) is 6.54. The Labute approximate surface area is 193 Å². The van der Waals surface area contributed by atoms with Crippen LogP contribution in [-0.2, 0) is 30.7 Å². The Hall–Kier alpha value is -3.09. The molecule has 0 saturated heterocycles. The molecule has 0 fully saturated rings. The van der Waals surface area contributed by atoms with E-state index < -0.39 is 0 Å². The highest BCUT2D eigenvalue weighted by molar-refractivity contribution is 5.59. The summed E-state index contributed by atoms with van der Waals surface area (Å²) in [5.41, 5.74) is 5.43. The van der Waals surface area contributed by atoms with Crippen LogP contribution >= 0.6 is 0 Å². The number of halogens is 2. The highest BCUT2D eigenvalue weighted by Crippen LogP contribution is 2.26. The summed E-state index contributed by atoms with van der Waals surface area (Å²) in [6, 6.07) is 20.0. The minimum atomic E-state index is -0.233. The summed E-state index contributed by atoms with van der Waals surface area (Å²) < 4.78 is 27.1. The molecule has 1 atom stereocenters. The number of anilines is 1. The van der Waals surface area contributed by atoms with E-state index in [1.54, 1.807) is 6.07 Å². The molecule has 0 radical (unpaired) electrons. The lowest BCUT2D eigenvalue weighted by molar-refractivity contribution is -0.106. The predicted molar refractivity (Wildman–Crippen MR) is 127 cm³/mol. The van der Waals surface area contributed by atoms with Crippen molar-refractivity contribution in [2.45, 2.75) is 32.0 Å². The summed E-state index contributed by atoms with van der Waals surface area (Å²) in [6.07, 6.45) is 2.42. The van der Waals surface area contributed by atoms with Crippen molar-refractivity contribution in [1.29, 1.82) is 0 Å². The van der Waals surface area contributed by atoms with Gasteiger partial charge in [0.05, 0.1) is 6.54 Å². The SMILES string of the molecule is O=CCNc1ccc(CNCCN2Cc3ccc(F)cc3CC2Cc2ccc(F)cc2)cc1. The molecule has 6 heteroatoms. The van der Waals surface area contributed by atoms with Gasteiger partial charge in [-0.1, -0.05) is 30.3 Å². The van der Waals surface area contributed by atoms with Gasteiger partial charge < -0.3 is 15.4 Å². The first-order valence-corrected chi connectivity index (χ1v) is 11.3. The van der Waals surface area contributed by atoms with E-state index in [-0.39, 0.29) is 17.7 Å². The largest absolute Gasteiger partial charge is 0.378 e. The van der Waals surface area contributed by atoms with Crippen molar-refractivity contribution in [3.05, 3.63) is 101 Å². The van der Waals surface area contributed by atoms with Crippen molar-refractivity contribution in [3.8, 4) is 0 Å². The second-order valence-corrected chi connectivity index (χ2v) is 8.49. The Balaban J connectivity index is 1.35. The van der Waals surface area contributed by atoms with Crippen molar-refractivity contribution >= 4 is 12.0 Å². The number of rotatable bonds is 10. The molecule has 1 aliphatic heterocycles. The minimum Gasteiger partial charge on any atom is -0.378 e. The third-order valence-electron chi connectivity index (χ3n) is 6.15. The predicted octanol–water partition coefficient (Wildman–Crippen LogP) is 4.33. The molecule has 4 nitrogen and oxygen atoms in total. The van der Waals surface area contributed by atoms with Crippen LogP contribution in [0.15, 0.2) is 66.7 Å². The Bertz CT molecular complexity index is 1050. The molecule has 1 heterocycles. The van der Waals surface area contributed by atoms with Gasteiger partial charge >= 0.3 is 0 Å². The van der Waals surface area contributed by atoms with Gasteiger partial charge in [0.2, 0.25) is 0 Å². The van der Waals surface area contributed by atoms with Crippen molar-refractivity contribution in [1.82, 2.24) is 10.2 Å². The molecule has 0 bridgehead atoms. The van der Waals surface area contributed by atoms with Crippen molar-refractivity contribution < 1.29 is 13.6 Å². The number of hydrogen-bond acceptors (Lipinski definition) is 4. The minimum absolute atomic E-state index is 0.197. The van der Waals surface area contributed by atoms with Gasteiger partial charge in [-0.25, -0.2) is 8.78 Å². The third-order valence-corrected chi connectivity index (χ3v) is 6.15. The van der Waals surface area contributed by atoms with Crippen LogP contribution in [0.3, 0.4) is 0 Å². The molecule has 33 heavy (non-hydrogen) atoms. The van der Waals surface area contributed by atoms with E-state index in [2.05, 4.69) is 15.5 Å². The number of fused-ring (bicyclic) bond motifs is 1. The van der Waals surface area contributed by atoms with Gasteiger partial charge in [-0.05, 0) is 71.5 Å². The number of aldehydes is 1. The summed E-state index contributed by atoms with van der Waals surface area (Å²) in [7, 11) is 0. The zero-order chi connectivity index (χ0) is 23.0. The highest BCUT2D eigenvalue weighted by atomic mass is 19.1. The van der Waals surface area contributed by atoms with Crippen LogP contribution in [0.2, 0.25) is 0 Å². The van der Waals surface area contributed by atoms with Crippen LogP contribution in [0.1, 0.15) is 22.3 Å². The van der Waals surface area contributed by atoms with Gasteiger partial charge in [0, 0.05) is 37.9 Å². The molecule has 0 amide bonds. The van der Waals surface area contributed by atoms with E-state index in [9.17, 15) is 13.6 Å². The van der Waals surface area contributed by atoms with Gasteiger partial charge in [0.25, 0.3) is 0 Å². The van der Waals surface area contributed by atoms with Crippen LogP contribution in [0.25, 0.3) is 0 Å². The first-order chi connectivity index (χ1) is 16.1. The first-order valence-electron chi connectivity index (χ1n) is 11.3. The molecule has 2 N–H and O–H groups in total. The zero-order valence-corrected chi connectivity index (χ0v) is 18.6. The number of hydrogen-bond donors (Lipinski definition) is 2. The van der Waals surface area contributed by atoms with Crippen LogP contribution in [0, 0.1) is 11.6 Å². The van der Waals surface area contributed by atoms with Gasteiger partial charge in [-0.3, -0.25) is 4.90 Å². The lowest BCUT2D eigenvalue weighted by Gasteiger charge is -2.37. The van der Waals surface area contributed by atoms with Crippen molar-refractivity contribution in [2.24, 2.45) is 0 Å². The molecule has 0 saturated carbocycles. The van der Waals surface area contributed by atoms with Gasteiger partial charge in [0.1, 0.15) is 17.9 Å². The second kappa shape index (κ2) is 11.2. The van der Waals surface area contributed by atoms with E-state index >= 15 is 0 Å². The van der Waals surface area contributed by atoms with Crippen LogP contribution in [0.5, 0.6) is 0 Å². The first kappa shape index (κ1) is 23.1. The molecular formula is C27H29F2N3O. The fourth-order valence-corrected chi connectivity index (χ4v) is 4.38. The van der Waals surface area contributed by atoms with Crippen molar-refractivity contribution in [3.63, 3.8) is 0 Å². The van der Waals surface area contributed by atoms with E-state index in [1.165, 1.54) is 29.3 Å². The fourth-order valence-electron chi connectivity index (χ4n) is 4.38. The maximum absolute atomic E-state index is 13.8. The monoisotopic (exact) mass is 449 g/mol. The lowest BCUT2D eigenvalue weighted by Crippen LogP contribution is -2.44. The number of nitrogens with one attached hydrogen (secondary N) is 2. The van der Waals surface area contributed by atoms with Gasteiger partial charge in [0.15, 0.2) is 0 Å². The molecule has 0 aromatic heterocycles. The Morgan fingerprint density at radius 1 is 0.909 bits per heavy atom. The Morgan fingerprint density at radius 2 is 1.64 bits per heavy atom. The van der Waals surface area contributed by atoms with Crippen LogP contribution in [-0.4, -0.2) is 36.9 Å². The Kier molecular flexibility index (Phi) is 7.81. The number of nitrogens with zero attached hydrogens (tertiary/aromatic N) is 1. The van der Waals surface area contributed by atoms with E-state index in [0.717, 1.165) is 62.1 Å². The maximum Gasteiger partial charge on any atom is 0.139 e. The molecule has 3 aromatic rings. The molecule has 3 aromatic carbocycles. The smallest absolute Gasteiger partial charge is 0.139 e. The van der Waals surface area contributed by atoms with Crippen LogP contribution in [0.4, 0.5) is 14.5 Å². The third kappa shape index (κ3) is 6.46. The molecule has 1 unspecified atom stereocenters. The van der Waals surface area contributed by atoms with E-state index in [0.29, 0.717) is 6.54 Å². The van der Waals surface area contributed by atoms with Gasteiger partial charge in [-0.2, -0.15) is 0 Å². The molecule has 1 aliphatic rings. The molecular weight excluding hydrogens is 420 g/mol. The average molecular weight is 450 g/mol. The lowest BCUT2D eigenvalue weighted by atomic mass is 9.90. The van der Waals surface area contributed by atoms with Crippen LogP contribution < -0.4 is 10.6 Å². The average Bonchev–Trinajstić information content (AvgIpc) is 2.83. The molecule has 4 rings (SSSR count). The summed E-state index contributed by atoms with van der Waals surface area (Å²) in [4.78, 5) is 12.9. The fraction of sp³-hybridized carbons (Fsp3) is 0.296. The van der Waals surface area contributed by atoms with Gasteiger partial charge in [-0.15, -0.1) is 0 Å². The highest BCUT2D eigenvalue weighted by Gasteiger charge is 2.26. The number of benzene rings is 3. The molecule has 172 valence electrons.